The fraction of sp³-hybridized carbons (Fsp3) is 1.00. The van der Waals surface area contributed by atoms with Gasteiger partial charge in [0.05, 0.1) is 13.2 Å². The average molecular weight is 215 g/mol. The van der Waals surface area contributed by atoms with Gasteiger partial charge in [0.2, 0.25) is 0 Å². The van der Waals surface area contributed by atoms with Gasteiger partial charge in [-0.15, -0.1) is 0 Å². The lowest BCUT2D eigenvalue weighted by Gasteiger charge is -2.39. The molecule has 1 aliphatic rings. The van der Waals surface area contributed by atoms with Crippen LogP contribution in [0.5, 0.6) is 0 Å². The SMILES string of the molecule is CCCN(CC)CC1(CO)CCCOC1. The first-order valence-corrected chi connectivity index (χ1v) is 6.17. The summed E-state index contributed by atoms with van der Waals surface area (Å²) in [6.07, 6.45) is 3.37. The summed E-state index contributed by atoms with van der Waals surface area (Å²) in [5, 5.41) is 9.55. The van der Waals surface area contributed by atoms with E-state index in [1.165, 1.54) is 6.42 Å². The topological polar surface area (TPSA) is 32.7 Å². The zero-order valence-corrected chi connectivity index (χ0v) is 10.2. The first-order chi connectivity index (χ1) is 7.26. The molecule has 1 unspecified atom stereocenters. The van der Waals surface area contributed by atoms with Crippen molar-refractivity contribution < 1.29 is 9.84 Å². The van der Waals surface area contributed by atoms with Crippen LogP contribution >= 0.6 is 0 Å². The first-order valence-electron chi connectivity index (χ1n) is 6.17. The van der Waals surface area contributed by atoms with Crippen molar-refractivity contribution in [2.45, 2.75) is 33.1 Å². The minimum atomic E-state index is 0.00340. The molecule has 1 fully saturated rings. The van der Waals surface area contributed by atoms with Crippen molar-refractivity contribution in [2.24, 2.45) is 5.41 Å². The van der Waals surface area contributed by atoms with Crippen LogP contribution in [0.15, 0.2) is 0 Å². The van der Waals surface area contributed by atoms with Crippen molar-refractivity contribution in [3.63, 3.8) is 0 Å². The number of hydrogen-bond donors (Lipinski definition) is 1. The Bertz CT molecular complexity index is 167. The van der Waals surface area contributed by atoms with E-state index >= 15 is 0 Å². The molecule has 3 nitrogen and oxygen atoms in total. The van der Waals surface area contributed by atoms with Crippen molar-refractivity contribution in [3.8, 4) is 0 Å². The largest absolute Gasteiger partial charge is 0.396 e. The van der Waals surface area contributed by atoms with Gasteiger partial charge >= 0.3 is 0 Å². The standard InChI is InChI=1S/C12H25NO2/c1-3-7-13(4-2)9-12(10-14)6-5-8-15-11-12/h14H,3-11H2,1-2H3. The molecule has 1 N–H and O–H groups in total. The maximum atomic E-state index is 9.55. The zero-order valence-electron chi connectivity index (χ0n) is 10.2. The summed E-state index contributed by atoms with van der Waals surface area (Å²) in [5.41, 5.74) is 0.00340. The lowest BCUT2D eigenvalue weighted by atomic mass is 9.82. The van der Waals surface area contributed by atoms with E-state index in [2.05, 4.69) is 18.7 Å². The van der Waals surface area contributed by atoms with Crippen LogP contribution in [0.4, 0.5) is 0 Å². The van der Waals surface area contributed by atoms with E-state index < -0.39 is 0 Å². The highest BCUT2D eigenvalue weighted by atomic mass is 16.5. The van der Waals surface area contributed by atoms with E-state index in [0.29, 0.717) is 0 Å². The lowest BCUT2D eigenvalue weighted by Crippen LogP contribution is -2.45. The Morgan fingerprint density at radius 1 is 1.40 bits per heavy atom. The van der Waals surface area contributed by atoms with Gasteiger partial charge in [-0.25, -0.2) is 0 Å². The molecule has 3 heteroatoms. The summed E-state index contributed by atoms with van der Waals surface area (Å²) in [5.74, 6) is 0. The minimum absolute atomic E-state index is 0.00340. The minimum Gasteiger partial charge on any atom is -0.396 e. The summed E-state index contributed by atoms with van der Waals surface area (Å²) < 4.78 is 5.51. The van der Waals surface area contributed by atoms with Gasteiger partial charge in [-0.2, -0.15) is 0 Å². The van der Waals surface area contributed by atoms with E-state index in [9.17, 15) is 5.11 Å². The van der Waals surface area contributed by atoms with Crippen molar-refractivity contribution in [1.29, 1.82) is 0 Å². The highest BCUT2D eigenvalue weighted by molar-refractivity contribution is 4.84. The zero-order chi connectivity index (χ0) is 11.1. The number of nitrogens with zero attached hydrogens (tertiary/aromatic N) is 1. The number of aliphatic hydroxyl groups excluding tert-OH is 1. The van der Waals surface area contributed by atoms with Gasteiger partial charge in [-0.3, -0.25) is 0 Å². The lowest BCUT2D eigenvalue weighted by molar-refractivity contribution is -0.0547. The third-order valence-corrected chi connectivity index (χ3v) is 3.29. The molecule has 0 aromatic rings. The second-order valence-corrected chi connectivity index (χ2v) is 4.68. The van der Waals surface area contributed by atoms with Gasteiger partial charge in [0, 0.05) is 18.6 Å². The van der Waals surface area contributed by atoms with Crippen molar-refractivity contribution in [1.82, 2.24) is 4.90 Å². The monoisotopic (exact) mass is 215 g/mol. The molecular weight excluding hydrogens is 190 g/mol. The van der Waals surface area contributed by atoms with E-state index in [1.807, 2.05) is 0 Å². The van der Waals surface area contributed by atoms with Crippen LogP contribution in [0.1, 0.15) is 33.1 Å². The predicted molar refractivity (Wildman–Crippen MR) is 62.0 cm³/mol. The molecule has 1 heterocycles. The Morgan fingerprint density at radius 3 is 2.67 bits per heavy atom. The number of rotatable bonds is 6. The summed E-state index contributed by atoms with van der Waals surface area (Å²) in [4.78, 5) is 2.42. The fourth-order valence-corrected chi connectivity index (χ4v) is 2.35. The molecule has 0 aromatic heterocycles. The molecule has 0 aromatic carbocycles. The predicted octanol–water partition coefficient (Wildman–Crippen LogP) is 1.51. The van der Waals surface area contributed by atoms with Crippen LogP contribution in [0, 0.1) is 5.41 Å². The molecule has 0 amide bonds. The maximum Gasteiger partial charge on any atom is 0.0556 e. The highest BCUT2D eigenvalue weighted by Gasteiger charge is 2.33. The summed E-state index contributed by atoms with van der Waals surface area (Å²) in [6, 6.07) is 0. The summed E-state index contributed by atoms with van der Waals surface area (Å²) >= 11 is 0. The summed E-state index contributed by atoms with van der Waals surface area (Å²) in [6.45, 7) is 9.40. The van der Waals surface area contributed by atoms with Gasteiger partial charge in [0.25, 0.3) is 0 Å². The number of aliphatic hydroxyl groups is 1. The molecule has 0 aliphatic carbocycles. The molecule has 90 valence electrons. The molecule has 0 bridgehead atoms. The third-order valence-electron chi connectivity index (χ3n) is 3.29. The van der Waals surface area contributed by atoms with Gasteiger partial charge in [-0.05, 0) is 32.4 Å². The fourth-order valence-electron chi connectivity index (χ4n) is 2.35. The molecule has 15 heavy (non-hydrogen) atoms. The molecule has 1 atom stereocenters. The Labute approximate surface area is 93.4 Å². The van der Waals surface area contributed by atoms with E-state index in [4.69, 9.17) is 4.74 Å². The average Bonchev–Trinajstić information content (AvgIpc) is 2.30. The molecule has 0 radical (unpaired) electrons. The van der Waals surface area contributed by atoms with Crippen molar-refractivity contribution in [2.75, 3.05) is 39.5 Å². The smallest absolute Gasteiger partial charge is 0.0556 e. The molecule has 0 saturated carbocycles. The highest BCUT2D eigenvalue weighted by Crippen LogP contribution is 2.29. The Hall–Kier alpha value is -0.120. The van der Waals surface area contributed by atoms with Crippen LogP contribution in [-0.2, 0) is 4.74 Å². The molecular formula is C12H25NO2. The third kappa shape index (κ3) is 3.74. The molecule has 1 saturated heterocycles. The van der Waals surface area contributed by atoms with Gasteiger partial charge in [-0.1, -0.05) is 13.8 Å². The Balaban J connectivity index is 2.49. The Kier molecular flexibility index (Phi) is 5.58. The van der Waals surface area contributed by atoms with Crippen LogP contribution in [0.3, 0.4) is 0 Å². The number of hydrogen-bond acceptors (Lipinski definition) is 3. The molecule has 1 aliphatic heterocycles. The van der Waals surface area contributed by atoms with Gasteiger partial charge < -0.3 is 14.7 Å². The van der Waals surface area contributed by atoms with E-state index in [0.717, 1.165) is 45.7 Å². The van der Waals surface area contributed by atoms with E-state index in [-0.39, 0.29) is 12.0 Å². The maximum absolute atomic E-state index is 9.55. The van der Waals surface area contributed by atoms with Crippen molar-refractivity contribution in [3.05, 3.63) is 0 Å². The Morgan fingerprint density at radius 2 is 2.20 bits per heavy atom. The molecule has 0 spiro atoms. The van der Waals surface area contributed by atoms with Crippen LogP contribution < -0.4 is 0 Å². The van der Waals surface area contributed by atoms with Crippen molar-refractivity contribution >= 4 is 0 Å². The molecule has 1 rings (SSSR count). The second kappa shape index (κ2) is 6.46. The summed E-state index contributed by atoms with van der Waals surface area (Å²) in [7, 11) is 0. The van der Waals surface area contributed by atoms with Gasteiger partial charge in [0.1, 0.15) is 0 Å². The van der Waals surface area contributed by atoms with E-state index in [1.54, 1.807) is 0 Å². The quantitative estimate of drug-likeness (QED) is 0.729. The van der Waals surface area contributed by atoms with Gasteiger partial charge in [0.15, 0.2) is 0 Å². The van der Waals surface area contributed by atoms with Crippen LogP contribution in [0.25, 0.3) is 0 Å². The number of ether oxygens (including phenoxy) is 1. The first kappa shape index (κ1) is 12.9. The second-order valence-electron chi connectivity index (χ2n) is 4.68. The van der Waals surface area contributed by atoms with Crippen LogP contribution in [-0.4, -0.2) is 49.5 Å². The van der Waals surface area contributed by atoms with Crippen LogP contribution in [0.2, 0.25) is 0 Å². The normalized spacial score (nSPS) is 27.2.